The quantitative estimate of drug-likeness (QED) is 0.401. The Morgan fingerprint density at radius 1 is 1.27 bits per heavy atom. The monoisotopic (exact) mass is 391 g/mol. The van der Waals surface area contributed by atoms with Gasteiger partial charge in [-0.1, -0.05) is 60.6 Å². The van der Waals surface area contributed by atoms with Gasteiger partial charge in [-0.15, -0.1) is 5.10 Å². The number of ether oxygens (including phenoxy) is 2. The predicted octanol–water partition coefficient (Wildman–Crippen LogP) is 4.72. The molecule has 0 aliphatic carbocycles. The normalized spacial score (nSPS) is 11.7. The molecule has 26 heavy (non-hydrogen) atoms. The molecule has 0 atom stereocenters. The predicted molar refractivity (Wildman–Crippen MR) is 111 cm³/mol. The standard InChI is InChI=1S/C19H22ClN3O2S/c1-3-9-25-18-16(20)10-15(11-17(18)24-2)12-22-23-19(21)26-13-14-7-5-4-6-8-14/h4-8,10-12H,3,9,13H2,1-2H3,(H2,21,23). The van der Waals surface area contributed by atoms with Gasteiger partial charge in [0.25, 0.3) is 0 Å². The topological polar surface area (TPSA) is 69.2 Å². The first-order valence-corrected chi connectivity index (χ1v) is 9.54. The lowest BCUT2D eigenvalue weighted by molar-refractivity contribution is 0.294. The minimum atomic E-state index is 0.395. The van der Waals surface area contributed by atoms with E-state index in [2.05, 4.69) is 10.2 Å². The summed E-state index contributed by atoms with van der Waals surface area (Å²) in [6.07, 6.45) is 2.46. The summed E-state index contributed by atoms with van der Waals surface area (Å²) in [5.74, 6) is 1.84. The van der Waals surface area contributed by atoms with Gasteiger partial charge in [-0.05, 0) is 24.1 Å². The molecule has 5 nitrogen and oxygen atoms in total. The van der Waals surface area contributed by atoms with Gasteiger partial charge in [0.1, 0.15) is 0 Å². The SMILES string of the molecule is CCCOc1c(Cl)cc(C=NN=C(N)SCc2ccccc2)cc1OC. The number of benzene rings is 2. The Kier molecular flexibility index (Phi) is 8.31. The van der Waals surface area contributed by atoms with E-state index in [1.807, 2.05) is 37.3 Å². The van der Waals surface area contributed by atoms with Crippen LogP contribution in [0.1, 0.15) is 24.5 Å². The summed E-state index contributed by atoms with van der Waals surface area (Å²) in [5, 5.41) is 8.89. The van der Waals surface area contributed by atoms with Crippen molar-refractivity contribution in [3.63, 3.8) is 0 Å². The zero-order valence-corrected chi connectivity index (χ0v) is 16.4. The van der Waals surface area contributed by atoms with E-state index >= 15 is 0 Å². The summed E-state index contributed by atoms with van der Waals surface area (Å²) < 4.78 is 11.0. The van der Waals surface area contributed by atoms with Gasteiger partial charge in [0.2, 0.25) is 0 Å². The van der Waals surface area contributed by atoms with Crippen LogP contribution in [0.15, 0.2) is 52.7 Å². The molecule has 2 aromatic rings. The fraction of sp³-hybridized carbons (Fsp3) is 0.263. The Hall–Kier alpha value is -2.18. The lowest BCUT2D eigenvalue weighted by Crippen LogP contribution is -2.06. The molecule has 0 radical (unpaired) electrons. The summed E-state index contributed by atoms with van der Waals surface area (Å²) in [5.41, 5.74) is 7.81. The van der Waals surface area contributed by atoms with Crippen LogP contribution in [0.25, 0.3) is 0 Å². The van der Waals surface area contributed by atoms with Crippen LogP contribution in [-0.4, -0.2) is 25.1 Å². The van der Waals surface area contributed by atoms with E-state index in [1.165, 1.54) is 17.3 Å². The first-order valence-electron chi connectivity index (χ1n) is 8.17. The first-order chi connectivity index (χ1) is 12.6. The van der Waals surface area contributed by atoms with Crippen molar-refractivity contribution in [2.45, 2.75) is 19.1 Å². The Morgan fingerprint density at radius 2 is 2.04 bits per heavy atom. The van der Waals surface area contributed by atoms with E-state index in [9.17, 15) is 0 Å². The average Bonchev–Trinajstić information content (AvgIpc) is 2.66. The molecule has 2 aromatic carbocycles. The molecule has 0 heterocycles. The molecule has 7 heteroatoms. The minimum Gasteiger partial charge on any atom is -0.493 e. The highest BCUT2D eigenvalue weighted by Crippen LogP contribution is 2.36. The number of nitrogens with two attached hydrogens (primary N) is 1. The van der Waals surface area contributed by atoms with Crippen LogP contribution in [0.2, 0.25) is 5.02 Å². The molecule has 0 amide bonds. The van der Waals surface area contributed by atoms with Crippen molar-refractivity contribution < 1.29 is 9.47 Å². The first kappa shape index (κ1) is 20.1. The van der Waals surface area contributed by atoms with E-state index < -0.39 is 0 Å². The molecular formula is C19H22ClN3O2S. The van der Waals surface area contributed by atoms with Crippen LogP contribution in [-0.2, 0) is 5.75 Å². The van der Waals surface area contributed by atoms with Crippen LogP contribution >= 0.6 is 23.4 Å². The second-order valence-corrected chi connectivity index (χ2v) is 6.74. The molecule has 0 unspecified atom stereocenters. The maximum absolute atomic E-state index is 6.28. The van der Waals surface area contributed by atoms with Gasteiger partial charge in [-0.3, -0.25) is 0 Å². The van der Waals surface area contributed by atoms with Crippen LogP contribution < -0.4 is 15.2 Å². The van der Waals surface area contributed by atoms with Gasteiger partial charge in [-0.25, -0.2) is 0 Å². The van der Waals surface area contributed by atoms with Gasteiger partial charge in [0.05, 0.1) is 25.0 Å². The zero-order valence-electron chi connectivity index (χ0n) is 14.8. The molecular weight excluding hydrogens is 370 g/mol. The Labute approximate surface area is 163 Å². The van der Waals surface area contributed by atoms with Crippen molar-refractivity contribution in [2.75, 3.05) is 13.7 Å². The molecule has 2 rings (SSSR count). The summed E-state index contributed by atoms with van der Waals surface area (Å²) in [6.45, 7) is 2.60. The van der Waals surface area contributed by atoms with Crippen LogP contribution in [0.3, 0.4) is 0 Å². The van der Waals surface area contributed by atoms with Crippen molar-refractivity contribution in [3.05, 3.63) is 58.6 Å². The van der Waals surface area contributed by atoms with Crippen molar-refractivity contribution >= 4 is 34.7 Å². The number of nitrogens with zero attached hydrogens (tertiary/aromatic N) is 2. The smallest absolute Gasteiger partial charge is 0.180 e. The van der Waals surface area contributed by atoms with Crippen molar-refractivity contribution in [2.24, 2.45) is 15.9 Å². The van der Waals surface area contributed by atoms with Gasteiger partial charge in [-0.2, -0.15) is 5.10 Å². The average molecular weight is 392 g/mol. The lowest BCUT2D eigenvalue weighted by Gasteiger charge is -2.12. The molecule has 0 saturated heterocycles. The van der Waals surface area contributed by atoms with Crippen LogP contribution in [0.4, 0.5) is 0 Å². The fourth-order valence-electron chi connectivity index (χ4n) is 2.07. The molecule has 2 N–H and O–H groups in total. The van der Waals surface area contributed by atoms with E-state index in [0.717, 1.165) is 17.7 Å². The van der Waals surface area contributed by atoms with E-state index in [1.54, 1.807) is 25.5 Å². The van der Waals surface area contributed by atoms with Crippen molar-refractivity contribution in [1.82, 2.24) is 0 Å². The third-order valence-corrected chi connectivity index (χ3v) is 4.43. The third-order valence-electron chi connectivity index (χ3n) is 3.29. The number of thioether (sulfide) groups is 1. The maximum Gasteiger partial charge on any atom is 0.180 e. The second-order valence-electron chi connectivity index (χ2n) is 5.34. The fourth-order valence-corrected chi connectivity index (χ4v) is 2.96. The minimum absolute atomic E-state index is 0.395. The number of methoxy groups -OCH3 is 1. The Balaban J connectivity index is 2.01. The van der Waals surface area contributed by atoms with E-state index in [-0.39, 0.29) is 0 Å². The van der Waals surface area contributed by atoms with Gasteiger partial charge < -0.3 is 15.2 Å². The number of hydrogen-bond acceptors (Lipinski definition) is 5. The number of halogens is 1. The van der Waals surface area contributed by atoms with Crippen LogP contribution in [0.5, 0.6) is 11.5 Å². The zero-order chi connectivity index (χ0) is 18.8. The lowest BCUT2D eigenvalue weighted by atomic mass is 10.2. The summed E-state index contributed by atoms with van der Waals surface area (Å²) in [7, 11) is 1.57. The molecule has 0 aliphatic heterocycles. The van der Waals surface area contributed by atoms with Gasteiger partial charge >= 0.3 is 0 Å². The second kappa shape index (κ2) is 10.7. The molecule has 0 saturated carbocycles. The summed E-state index contributed by atoms with van der Waals surface area (Å²) in [4.78, 5) is 0. The molecule has 0 spiro atoms. The van der Waals surface area contributed by atoms with Gasteiger partial charge in [0, 0.05) is 11.3 Å². The number of rotatable bonds is 8. The molecule has 138 valence electrons. The molecule has 0 aliphatic rings. The van der Waals surface area contributed by atoms with Crippen molar-refractivity contribution in [1.29, 1.82) is 0 Å². The van der Waals surface area contributed by atoms with E-state index in [0.29, 0.717) is 28.3 Å². The number of hydrogen-bond donors (Lipinski definition) is 1. The highest BCUT2D eigenvalue weighted by Gasteiger charge is 2.11. The number of amidine groups is 1. The highest BCUT2D eigenvalue weighted by molar-refractivity contribution is 8.13. The largest absolute Gasteiger partial charge is 0.493 e. The Bertz CT molecular complexity index is 767. The maximum atomic E-state index is 6.28. The molecule has 0 aromatic heterocycles. The summed E-state index contributed by atoms with van der Waals surface area (Å²) >= 11 is 7.71. The highest BCUT2D eigenvalue weighted by atomic mass is 35.5. The molecule has 0 fully saturated rings. The van der Waals surface area contributed by atoms with Crippen molar-refractivity contribution in [3.8, 4) is 11.5 Å². The van der Waals surface area contributed by atoms with Gasteiger partial charge in [0.15, 0.2) is 16.7 Å². The molecule has 0 bridgehead atoms. The van der Waals surface area contributed by atoms with E-state index in [4.69, 9.17) is 26.8 Å². The third kappa shape index (κ3) is 6.28. The summed E-state index contributed by atoms with van der Waals surface area (Å²) in [6, 6.07) is 13.6. The van der Waals surface area contributed by atoms with Crippen LogP contribution in [0, 0.1) is 0 Å². The Morgan fingerprint density at radius 3 is 2.73 bits per heavy atom.